The van der Waals surface area contributed by atoms with Gasteiger partial charge in [0.25, 0.3) is 0 Å². The summed E-state index contributed by atoms with van der Waals surface area (Å²) in [7, 11) is 0. The maximum Gasteiger partial charge on any atom is 0.308 e. The van der Waals surface area contributed by atoms with Crippen LogP contribution in [0.2, 0.25) is 0 Å². The summed E-state index contributed by atoms with van der Waals surface area (Å²) in [6.07, 6.45) is -8.97. The molecule has 0 radical (unpaired) electrons. The monoisotopic (exact) mass is 412 g/mol. The van der Waals surface area contributed by atoms with Crippen LogP contribution in [-0.4, -0.2) is 105 Å². The lowest BCUT2D eigenvalue weighted by molar-refractivity contribution is -0.439. The molecule has 1 rings (SSSR count). The Labute approximate surface area is 155 Å². The molecule has 0 amide bonds. The summed E-state index contributed by atoms with van der Waals surface area (Å²) >= 11 is 0. The molecule has 0 aromatic rings. The van der Waals surface area contributed by atoms with Gasteiger partial charge in [0.2, 0.25) is 5.79 Å². The molecule has 1 saturated heterocycles. The summed E-state index contributed by atoms with van der Waals surface area (Å²) in [4.78, 5) is 44.8. The van der Waals surface area contributed by atoms with Gasteiger partial charge < -0.3 is 50.7 Å². The van der Waals surface area contributed by atoms with Gasteiger partial charge in [-0.3, -0.25) is 19.2 Å². The van der Waals surface area contributed by atoms with Gasteiger partial charge in [0.1, 0.15) is 23.7 Å². The van der Waals surface area contributed by atoms with Crippen LogP contribution in [0.15, 0.2) is 0 Å². The number of carbonyl (C=O) groups is 4. The molecule has 0 spiro atoms. The van der Waals surface area contributed by atoms with Crippen LogP contribution in [0.25, 0.3) is 0 Å². The average Bonchev–Trinajstić information content (AvgIpc) is 2.48. The van der Waals surface area contributed by atoms with E-state index in [4.69, 9.17) is 25.2 Å². The van der Waals surface area contributed by atoms with Gasteiger partial charge in [-0.2, -0.15) is 0 Å². The molecule has 0 aromatic carbocycles. The van der Waals surface area contributed by atoms with E-state index in [9.17, 15) is 44.7 Å². The van der Waals surface area contributed by atoms with Crippen molar-refractivity contribution in [3.63, 3.8) is 0 Å². The molecule has 0 aromatic heterocycles. The molecule has 1 aliphatic rings. The van der Waals surface area contributed by atoms with E-state index >= 15 is 0 Å². The first kappa shape index (κ1) is 23.7. The number of aliphatic hydroxyl groups is 5. The SMILES string of the molecule is O=C(O)CC1(O)O[C@H](CO)[C@](O)(CC(=O)O)[C@@](O)(CC(=O)O)[C@]1(O)CC(=O)O. The summed E-state index contributed by atoms with van der Waals surface area (Å²) in [5.41, 5.74) is -10.8. The third-order valence-corrected chi connectivity index (χ3v) is 4.71. The van der Waals surface area contributed by atoms with E-state index in [1.807, 2.05) is 0 Å². The first-order chi connectivity index (χ1) is 12.6. The van der Waals surface area contributed by atoms with E-state index in [1.54, 1.807) is 0 Å². The van der Waals surface area contributed by atoms with Crippen LogP contribution < -0.4 is 0 Å². The number of carboxylic acids is 4. The molecule has 14 nitrogen and oxygen atoms in total. The van der Waals surface area contributed by atoms with Crippen molar-refractivity contribution in [1.82, 2.24) is 0 Å². The quantitative estimate of drug-likeness (QED) is 0.176. The molecule has 5 atom stereocenters. The van der Waals surface area contributed by atoms with E-state index < -0.39 is 84.9 Å². The minimum absolute atomic E-state index is 1.36. The van der Waals surface area contributed by atoms with Gasteiger partial charge in [-0.1, -0.05) is 0 Å². The maximum atomic E-state index is 11.3. The maximum absolute atomic E-state index is 11.3. The summed E-state index contributed by atoms with van der Waals surface area (Å²) < 4.78 is 4.79. The van der Waals surface area contributed by atoms with E-state index in [0.29, 0.717) is 0 Å². The van der Waals surface area contributed by atoms with Gasteiger partial charge >= 0.3 is 23.9 Å². The lowest BCUT2D eigenvalue weighted by atomic mass is 9.58. The van der Waals surface area contributed by atoms with E-state index in [0.717, 1.165) is 0 Å². The Kier molecular flexibility index (Phi) is 6.40. The van der Waals surface area contributed by atoms with Crippen molar-refractivity contribution in [3.8, 4) is 0 Å². The fourth-order valence-corrected chi connectivity index (χ4v) is 3.47. The van der Waals surface area contributed by atoms with E-state index in [-0.39, 0.29) is 0 Å². The second-order valence-corrected chi connectivity index (χ2v) is 6.50. The molecule has 1 fully saturated rings. The first-order valence-electron chi connectivity index (χ1n) is 7.64. The summed E-state index contributed by atoms with van der Waals surface area (Å²) in [6, 6.07) is 0. The number of carboxylic acid groups (broad SMARTS) is 4. The van der Waals surface area contributed by atoms with Gasteiger partial charge in [0.15, 0.2) is 5.60 Å². The highest BCUT2D eigenvalue weighted by Gasteiger charge is 2.78. The van der Waals surface area contributed by atoms with Crippen LogP contribution in [0.1, 0.15) is 25.7 Å². The zero-order chi connectivity index (χ0) is 22.1. The molecule has 160 valence electrons. The van der Waals surface area contributed by atoms with Gasteiger partial charge in [-0.15, -0.1) is 0 Å². The molecule has 28 heavy (non-hydrogen) atoms. The van der Waals surface area contributed by atoms with Crippen molar-refractivity contribution in [2.45, 2.75) is 54.4 Å². The highest BCUT2D eigenvalue weighted by Crippen LogP contribution is 2.54. The van der Waals surface area contributed by atoms with Crippen LogP contribution in [0.5, 0.6) is 0 Å². The van der Waals surface area contributed by atoms with Gasteiger partial charge in [0.05, 0.1) is 25.9 Å². The molecule has 1 heterocycles. The molecular formula is C14H20O14. The fraction of sp³-hybridized carbons (Fsp3) is 0.714. The van der Waals surface area contributed by atoms with Crippen LogP contribution in [0.3, 0.4) is 0 Å². The van der Waals surface area contributed by atoms with Gasteiger partial charge in [0, 0.05) is 0 Å². The van der Waals surface area contributed by atoms with Crippen LogP contribution in [0, 0.1) is 0 Å². The summed E-state index contributed by atoms with van der Waals surface area (Å²) in [5.74, 6) is -11.3. The smallest absolute Gasteiger partial charge is 0.308 e. The van der Waals surface area contributed by atoms with Crippen molar-refractivity contribution in [2.24, 2.45) is 0 Å². The topological polar surface area (TPSA) is 260 Å². The van der Waals surface area contributed by atoms with Crippen LogP contribution >= 0.6 is 0 Å². The van der Waals surface area contributed by atoms with Crippen molar-refractivity contribution >= 4 is 23.9 Å². The third-order valence-electron chi connectivity index (χ3n) is 4.71. The molecule has 0 bridgehead atoms. The number of ether oxygens (including phenoxy) is 1. The standard InChI is InChI=1S/C14H20O14/c15-5-6-11(24,1-7(16)17)12(25,2-8(18)19)13(26,3-9(20)21)14(27,28-6)4-10(22)23/h6,15,24-27H,1-5H2,(H,16,17)(H,18,19)(H,20,21)(H,22,23)/t6-,11-,12+,13-,14?/m1/s1. The van der Waals surface area contributed by atoms with Crippen molar-refractivity contribution in [3.05, 3.63) is 0 Å². The molecule has 9 N–H and O–H groups in total. The molecule has 14 heteroatoms. The molecule has 0 saturated carbocycles. The Hall–Kier alpha value is -2.36. The first-order valence-corrected chi connectivity index (χ1v) is 7.64. The van der Waals surface area contributed by atoms with Crippen LogP contribution in [-0.2, 0) is 23.9 Å². The summed E-state index contributed by atoms with van der Waals surface area (Å²) in [6.45, 7) is -1.36. The predicted octanol–water partition coefficient (Wildman–Crippen LogP) is -3.84. The number of aliphatic hydroxyl groups excluding tert-OH is 1. The minimum Gasteiger partial charge on any atom is -0.481 e. The van der Waals surface area contributed by atoms with Gasteiger partial charge in [-0.25, -0.2) is 0 Å². The predicted molar refractivity (Wildman–Crippen MR) is 80.8 cm³/mol. The average molecular weight is 412 g/mol. The fourth-order valence-electron chi connectivity index (χ4n) is 3.47. The Morgan fingerprint density at radius 2 is 1.07 bits per heavy atom. The van der Waals surface area contributed by atoms with Crippen molar-refractivity contribution in [1.29, 1.82) is 0 Å². The second-order valence-electron chi connectivity index (χ2n) is 6.50. The van der Waals surface area contributed by atoms with E-state index in [2.05, 4.69) is 0 Å². The number of aliphatic carboxylic acids is 4. The van der Waals surface area contributed by atoms with Crippen molar-refractivity contribution in [2.75, 3.05) is 6.61 Å². The highest BCUT2D eigenvalue weighted by atomic mass is 16.7. The highest BCUT2D eigenvalue weighted by molar-refractivity contribution is 5.75. The van der Waals surface area contributed by atoms with E-state index in [1.165, 1.54) is 0 Å². The lowest BCUT2D eigenvalue weighted by Gasteiger charge is -2.62. The minimum atomic E-state index is -3.72. The normalized spacial score (nSPS) is 38.0. The Morgan fingerprint density at radius 1 is 0.679 bits per heavy atom. The van der Waals surface area contributed by atoms with Crippen molar-refractivity contribution < 1.29 is 69.9 Å². The Bertz CT molecular complexity index is 677. The Balaban J connectivity index is 3.89. The zero-order valence-corrected chi connectivity index (χ0v) is 14.2. The molecule has 1 aliphatic heterocycles. The molecular weight excluding hydrogens is 392 g/mol. The molecule has 1 unspecified atom stereocenters. The number of rotatable bonds is 9. The zero-order valence-electron chi connectivity index (χ0n) is 14.2. The third kappa shape index (κ3) is 3.65. The Morgan fingerprint density at radius 3 is 1.43 bits per heavy atom. The van der Waals surface area contributed by atoms with Gasteiger partial charge in [-0.05, 0) is 0 Å². The number of hydrogen-bond donors (Lipinski definition) is 9. The van der Waals surface area contributed by atoms with Crippen LogP contribution in [0.4, 0.5) is 0 Å². The molecule has 0 aliphatic carbocycles. The summed E-state index contributed by atoms with van der Waals surface area (Å²) in [5, 5.41) is 88.8. The largest absolute Gasteiger partial charge is 0.481 e. The lowest BCUT2D eigenvalue weighted by Crippen LogP contribution is -2.85. The number of hydrogen-bond acceptors (Lipinski definition) is 10. The second kappa shape index (κ2) is 7.57.